The Labute approximate surface area is 126 Å². The second-order valence-corrected chi connectivity index (χ2v) is 5.89. The summed E-state index contributed by atoms with van der Waals surface area (Å²) >= 11 is 5.05. The van der Waals surface area contributed by atoms with Gasteiger partial charge in [-0.25, -0.2) is 0 Å². The number of hydrogen-bond acceptors (Lipinski definition) is 4. The van der Waals surface area contributed by atoms with Crippen LogP contribution in [0.1, 0.15) is 38.2 Å². The van der Waals surface area contributed by atoms with Crippen molar-refractivity contribution in [3.63, 3.8) is 0 Å². The van der Waals surface area contributed by atoms with Crippen LogP contribution in [0.15, 0.2) is 18.5 Å². The highest BCUT2D eigenvalue weighted by atomic mass is 32.1. The third-order valence-corrected chi connectivity index (χ3v) is 4.18. The van der Waals surface area contributed by atoms with Gasteiger partial charge < -0.3 is 16.0 Å². The summed E-state index contributed by atoms with van der Waals surface area (Å²) in [5.74, 6) is 0. The molecular formula is C15H24N4S. The molecule has 1 atom stereocenters. The lowest BCUT2D eigenvalue weighted by atomic mass is 10.0. The molecule has 2 rings (SSSR count). The average Bonchev–Trinajstić information content (AvgIpc) is 2.45. The smallest absolute Gasteiger partial charge is 0.106 e. The number of aromatic nitrogens is 1. The highest BCUT2D eigenvalue weighted by Gasteiger charge is 2.17. The fourth-order valence-corrected chi connectivity index (χ4v) is 2.92. The van der Waals surface area contributed by atoms with Gasteiger partial charge in [0.2, 0.25) is 0 Å². The number of rotatable bonds is 6. The van der Waals surface area contributed by atoms with E-state index in [1.54, 1.807) is 12.4 Å². The Morgan fingerprint density at radius 1 is 1.55 bits per heavy atom. The molecule has 110 valence electrons. The predicted molar refractivity (Wildman–Crippen MR) is 88.1 cm³/mol. The van der Waals surface area contributed by atoms with Crippen molar-refractivity contribution in [2.24, 2.45) is 5.73 Å². The van der Waals surface area contributed by atoms with Crippen molar-refractivity contribution in [2.45, 2.75) is 38.6 Å². The second kappa shape index (κ2) is 7.55. The first kappa shape index (κ1) is 15.2. The molecule has 0 saturated carbocycles. The molecule has 1 aliphatic rings. The molecule has 0 spiro atoms. The number of likely N-dealkylation sites (tertiary alicyclic amines) is 1. The summed E-state index contributed by atoms with van der Waals surface area (Å²) in [6.07, 6.45) is 8.68. The molecule has 2 heterocycles. The highest BCUT2D eigenvalue weighted by Crippen LogP contribution is 2.17. The predicted octanol–water partition coefficient (Wildman–Crippen LogP) is 2.39. The Hall–Kier alpha value is -1.20. The van der Waals surface area contributed by atoms with Crippen molar-refractivity contribution in [3.8, 4) is 0 Å². The summed E-state index contributed by atoms with van der Waals surface area (Å²) in [5.41, 5.74) is 7.52. The van der Waals surface area contributed by atoms with Crippen molar-refractivity contribution < 1.29 is 0 Å². The Balaban J connectivity index is 1.77. The van der Waals surface area contributed by atoms with Crippen molar-refractivity contribution in [1.29, 1.82) is 0 Å². The lowest BCUT2D eigenvalue weighted by molar-refractivity contribution is 0.160. The lowest BCUT2D eigenvalue weighted by Gasteiger charge is -2.33. The van der Waals surface area contributed by atoms with Gasteiger partial charge in [0.1, 0.15) is 4.99 Å². The van der Waals surface area contributed by atoms with Gasteiger partial charge in [-0.3, -0.25) is 4.98 Å². The van der Waals surface area contributed by atoms with Crippen LogP contribution in [0.4, 0.5) is 5.69 Å². The first-order valence-electron chi connectivity index (χ1n) is 7.40. The van der Waals surface area contributed by atoms with E-state index in [0.29, 0.717) is 4.99 Å². The number of anilines is 1. The SMILES string of the molecule is CC1CCCCN1CCCNc1cnccc1C(N)=S. The van der Waals surface area contributed by atoms with Crippen LogP contribution in [0.2, 0.25) is 0 Å². The van der Waals surface area contributed by atoms with Gasteiger partial charge in [-0.05, 0) is 38.8 Å². The van der Waals surface area contributed by atoms with E-state index in [-0.39, 0.29) is 0 Å². The normalized spacial score (nSPS) is 19.8. The lowest BCUT2D eigenvalue weighted by Crippen LogP contribution is -2.38. The Morgan fingerprint density at radius 2 is 2.40 bits per heavy atom. The molecule has 0 aromatic carbocycles. The molecule has 3 N–H and O–H groups in total. The van der Waals surface area contributed by atoms with E-state index in [9.17, 15) is 0 Å². The molecule has 0 radical (unpaired) electrons. The molecule has 0 aliphatic carbocycles. The third-order valence-electron chi connectivity index (χ3n) is 3.96. The Bertz CT molecular complexity index is 449. The van der Waals surface area contributed by atoms with Gasteiger partial charge in [-0.15, -0.1) is 0 Å². The van der Waals surface area contributed by atoms with E-state index in [0.717, 1.165) is 36.8 Å². The summed E-state index contributed by atoms with van der Waals surface area (Å²) < 4.78 is 0. The van der Waals surface area contributed by atoms with Crippen molar-refractivity contribution in [1.82, 2.24) is 9.88 Å². The maximum Gasteiger partial charge on any atom is 0.106 e. The maximum atomic E-state index is 5.71. The summed E-state index contributed by atoms with van der Waals surface area (Å²) in [4.78, 5) is 7.12. The van der Waals surface area contributed by atoms with E-state index in [2.05, 4.69) is 22.1 Å². The summed E-state index contributed by atoms with van der Waals surface area (Å²) in [6, 6.07) is 2.59. The number of nitrogens with one attached hydrogen (secondary N) is 1. The zero-order valence-corrected chi connectivity index (χ0v) is 13.0. The molecule has 4 nitrogen and oxygen atoms in total. The van der Waals surface area contributed by atoms with E-state index >= 15 is 0 Å². The minimum atomic E-state index is 0.416. The van der Waals surface area contributed by atoms with E-state index < -0.39 is 0 Å². The monoisotopic (exact) mass is 292 g/mol. The largest absolute Gasteiger partial charge is 0.389 e. The van der Waals surface area contributed by atoms with Gasteiger partial charge in [-0.2, -0.15) is 0 Å². The minimum absolute atomic E-state index is 0.416. The first-order valence-corrected chi connectivity index (χ1v) is 7.81. The second-order valence-electron chi connectivity index (χ2n) is 5.45. The standard InChI is InChI=1S/C15H24N4S/c1-12-5-2-3-9-19(12)10-4-7-18-14-11-17-8-6-13(14)15(16)20/h6,8,11-12,18H,2-5,7,9-10H2,1H3,(H2,16,20). The molecule has 0 bridgehead atoms. The number of piperidine rings is 1. The van der Waals surface area contributed by atoms with E-state index in [4.69, 9.17) is 18.0 Å². The molecule has 1 aromatic rings. The quantitative estimate of drug-likeness (QED) is 0.623. The van der Waals surface area contributed by atoms with Gasteiger partial charge in [0.15, 0.2) is 0 Å². The highest BCUT2D eigenvalue weighted by molar-refractivity contribution is 7.80. The van der Waals surface area contributed by atoms with Crippen molar-refractivity contribution in [2.75, 3.05) is 25.0 Å². The maximum absolute atomic E-state index is 5.71. The van der Waals surface area contributed by atoms with Gasteiger partial charge in [0.05, 0.1) is 11.9 Å². The zero-order valence-electron chi connectivity index (χ0n) is 12.1. The van der Waals surface area contributed by atoms with Crippen LogP contribution in [0.3, 0.4) is 0 Å². The topological polar surface area (TPSA) is 54.2 Å². The summed E-state index contributed by atoms with van der Waals surface area (Å²) in [6.45, 7) is 5.65. The van der Waals surface area contributed by atoms with E-state index in [1.165, 1.54) is 25.8 Å². The molecular weight excluding hydrogens is 268 g/mol. The number of nitrogens with two attached hydrogens (primary N) is 1. The molecule has 1 unspecified atom stereocenters. The molecule has 0 amide bonds. The van der Waals surface area contributed by atoms with Gasteiger partial charge in [-0.1, -0.05) is 18.6 Å². The third kappa shape index (κ3) is 4.15. The Morgan fingerprint density at radius 3 is 3.15 bits per heavy atom. The summed E-state index contributed by atoms with van der Waals surface area (Å²) in [7, 11) is 0. The molecule has 1 aromatic heterocycles. The molecule has 1 saturated heterocycles. The van der Waals surface area contributed by atoms with Crippen LogP contribution in [-0.2, 0) is 0 Å². The van der Waals surface area contributed by atoms with Crippen LogP contribution in [0.5, 0.6) is 0 Å². The minimum Gasteiger partial charge on any atom is -0.389 e. The fraction of sp³-hybridized carbons (Fsp3) is 0.600. The van der Waals surface area contributed by atoms with Crippen LogP contribution in [0.25, 0.3) is 0 Å². The van der Waals surface area contributed by atoms with Crippen LogP contribution in [0, 0.1) is 0 Å². The zero-order chi connectivity index (χ0) is 14.4. The summed E-state index contributed by atoms with van der Waals surface area (Å²) in [5, 5.41) is 3.39. The van der Waals surface area contributed by atoms with Crippen LogP contribution < -0.4 is 11.1 Å². The van der Waals surface area contributed by atoms with E-state index in [1.807, 2.05) is 6.07 Å². The number of nitrogens with zero attached hydrogens (tertiary/aromatic N) is 2. The average molecular weight is 292 g/mol. The molecule has 20 heavy (non-hydrogen) atoms. The number of thiocarbonyl (C=S) groups is 1. The van der Waals surface area contributed by atoms with Gasteiger partial charge in [0, 0.05) is 30.9 Å². The van der Waals surface area contributed by atoms with Gasteiger partial charge >= 0.3 is 0 Å². The Kier molecular flexibility index (Phi) is 5.73. The molecule has 5 heteroatoms. The molecule has 1 aliphatic heterocycles. The van der Waals surface area contributed by atoms with Crippen molar-refractivity contribution >= 4 is 22.9 Å². The number of hydrogen-bond donors (Lipinski definition) is 2. The fourth-order valence-electron chi connectivity index (χ4n) is 2.75. The van der Waals surface area contributed by atoms with Crippen LogP contribution in [-0.4, -0.2) is 40.5 Å². The number of pyridine rings is 1. The van der Waals surface area contributed by atoms with Crippen LogP contribution >= 0.6 is 12.2 Å². The van der Waals surface area contributed by atoms with Gasteiger partial charge in [0.25, 0.3) is 0 Å². The molecule has 1 fully saturated rings. The van der Waals surface area contributed by atoms with Crippen molar-refractivity contribution in [3.05, 3.63) is 24.0 Å². The first-order chi connectivity index (χ1) is 9.68.